The molecule has 1 aromatic carbocycles. The Morgan fingerprint density at radius 3 is 2.56 bits per heavy atom. The summed E-state index contributed by atoms with van der Waals surface area (Å²) in [5.74, 6) is 1.47. The molecule has 0 radical (unpaired) electrons. The molecule has 0 amide bonds. The molecule has 2 saturated carbocycles. The summed E-state index contributed by atoms with van der Waals surface area (Å²) in [7, 11) is 0. The van der Waals surface area contributed by atoms with Crippen molar-refractivity contribution in [3.63, 3.8) is 0 Å². The Labute approximate surface area is 157 Å². The molecule has 0 spiro atoms. The van der Waals surface area contributed by atoms with Crippen molar-refractivity contribution in [3.05, 3.63) is 58.8 Å². The number of benzene rings is 1. The van der Waals surface area contributed by atoms with E-state index in [0.29, 0.717) is 12.0 Å². The van der Waals surface area contributed by atoms with Gasteiger partial charge in [0.1, 0.15) is 12.1 Å². The van der Waals surface area contributed by atoms with Gasteiger partial charge < -0.3 is 5.32 Å². The third-order valence-corrected chi connectivity index (χ3v) is 5.77. The molecule has 27 heavy (non-hydrogen) atoms. The summed E-state index contributed by atoms with van der Waals surface area (Å²) in [5.41, 5.74) is 2.07. The van der Waals surface area contributed by atoms with Gasteiger partial charge in [0.05, 0.1) is 17.3 Å². The lowest BCUT2D eigenvalue weighted by atomic mass is 9.91. The van der Waals surface area contributed by atoms with Gasteiger partial charge in [-0.15, -0.1) is 0 Å². The number of aromatic nitrogens is 4. The van der Waals surface area contributed by atoms with Crippen LogP contribution in [0.3, 0.4) is 0 Å². The van der Waals surface area contributed by atoms with E-state index in [2.05, 4.69) is 26.4 Å². The lowest BCUT2D eigenvalue weighted by Gasteiger charge is -2.30. The highest BCUT2D eigenvalue weighted by molar-refractivity contribution is 5.88. The van der Waals surface area contributed by atoms with E-state index in [0.717, 1.165) is 48.1 Å². The fourth-order valence-corrected chi connectivity index (χ4v) is 4.08. The van der Waals surface area contributed by atoms with Gasteiger partial charge in [0.25, 0.3) is 5.56 Å². The summed E-state index contributed by atoms with van der Waals surface area (Å²) in [5, 5.41) is 9.32. The molecule has 138 valence electrons. The first-order chi connectivity index (χ1) is 13.3. The number of nitrogens with zero attached hydrogens (tertiary/aromatic N) is 4. The molecule has 0 saturated heterocycles. The Balaban J connectivity index is 1.29. The highest BCUT2D eigenvalue weighted by Crippen LogP contribution is 2.39. The van der Waals surface area contributed by atoms with E-state index in [1.165, 1.54) is 12.8 Å². The zero-order chi connectivity index (χ0) is 18.2. The number of hydrogen-bond donors (Lipinski definition) is 1. The van der Waals surface area contributed by atoms with E-state index in [4.69, 9.17) is 0 Å². The molecule has 2 aromatic heterocycles. The zero-order valence-corrected chi connectivity index (χ0v) is 15.2. The van der Waals surface area contributed by atoms with Gasteiger partial charge in [-0.2, -0.15) is 5.10 Å². The van der Waals surface area contributed by atoms with Crippen molar-refractivity contribution in [2.24, 2.45) is 0 Å². The Morgan fingerprint density at radius 2 is 1.74 bits per heavy atom. The molecule has 1 N–H and O–H groups in total. The largest absolute Gasteiger partial charge is 0.367 e. The Kier molecular flexibility index (Phi) is 4.11. The molecular formula is C21H23N5O. The predicted octanol–water partition coefficient (Wildman–Crippen LogP) is 3.66. The van der Waals surface area contributed by atoms with Crippen LogP contribution in [0.2, 0.25) is 0 Å². The summed E-state index contributed by atoms with van der Waals surface area (Å²) < 4.78 is 1.74. The zero-order valence-electron chi connectivity index (χ0n) is 15.2. The summed E-state index contributed by atoms with van der Waals surface area (Å²) in [4.78, 5) is 21.1. The molecule has 6 nitrogen and oxygen atoms in total. The van der Waals surface area contributed by atoms with Crippen LogP contribution in [-0.2, 0) is 0 Å². The molecule has 0 atom stereocenters. The second-order valence-corrected chi connectivity index (χ2v) is 7.70. The number of anilines is 1. The van der Waals surface area contributed by atoms with E-state index in [9.17, 15) is 4.79 Å². The second-order valence-electron chi connectivity index (χ2n) is 7.70. The van der Waals surface area contributed by atoms with Crippen LogP contribution in [0.1, 0.15) is 56.2 Å². The van der Waals surface area contributed by atoms with Crippen molar-refractivity contribution >= 4 is 16.7 Å². The molecule has 0 aliphatic heterocycles. The van der Waals surface area contributed by atoms with Crippen LogP contribution in [0.4, 0.5) is 5.82 Å². The monoisotopic (exact) mass is 361 g/mol. The van der Waals surface area contributed by atoms with Crippen molar-refractivity contribution in [1.29, 1.82) is 0 Å². The third kappa shape index (κ3) is 3.31. The van der Waals surface area contributed by atoms with Gasteiger partial charge in [-0.1, -0.05) is 12.1 Å². The average molecular weight is 361 g/mol. The first kappa shape index (κ1) is 16.4. The normalized spacial score (nSPS) is 22.7. The maximum absolute atomic E-state index is 12.3. The van der Waals surface area contributed by atoms with Crippen LogP contribution in [0.25, 0.3) is 10.9 Å². The molecule has 6 heteroatoms. The summed E-state index contributed by atoms with van der Waals surface area (Å²) >= 11 is 0. The van der Waals surface area contributed by atoms with Gasteiger partial charge in [-0.3, -0.25) is 4.79 Å². The number of para-hydroxylation sites is 1. The van der Waals surface area contributed by atoms with Gasteiger partial charge in [0.2, 0.25) is 0 Å². The van der Waals surface area contributed by atoms with E-state index in [-0.39, 0.29) is 11.6 Å². The fourth-order valence-electron chi connectivity index (χ4n) is 4.08. The number of rotatable bonds is 4. The third-order valence-electron chi connectivity index (χ3n) is 5.77. The standard InChI is InChI=1S/C21H23N5O/c27-20-12-11-18(14-5-6-14)25-26(20)16-9-7-15(8-10-16)24-21-17-3-1-2-4-19(17)22-13-23-21/h1-4,11-16H,5-10H2,(H,22,23,24). The van der Waals surface area contributed by atoms with Crippen LogP contribution in [0, 0.1) is 0 Å². The number of hydrogen-bond acceptors (Lipinski definition) is 5. The minimum absolute atomic E-state index is 0.0256. The maximum atomic E-state index is 12.3. The van der Waals surface area contributed by atoms with Crippen molar-refractivity contribution in [2.75, 3.05) is 5.32 Å². The van der Waals surface area contributed by atoms with Crippen molar-refractivity contribution < 1.29 is 0 Å². The maximum Gasteiger partial charge on any atom is 0.267 e. The fraction of sp³-hybridized carbons (Fsp3) is 0.429. The molecule has 2 fully saturated rings. The molecular weight excluding hydrogens is 338 g/mol. The summed E-state index contributed by atoms with van der Waals surface area (Å²) in [6.07, 6.45) is 7.95. The predicted molar refractivity (Wildman–Crippen MR) is 105 cm³/mol. The van der Waals surface area contributed by atoms with Gasteiger partial charge in [0.15, 0.2) is 0 Å². The number of fused-ring (bicyclic) bond motifs is 1. The van der Waals surface area contributed by atoms with Crippen molar-refractivity contribution in [1.82, 2.24) is 19.7 Å². The SMILES string of the molecule is O=c1ccc(C2CC2)nn1C1CCC(Nc2ncnc3ccccc23)CC1. The Hall–Kier alpha value is -2.76. The Morgan fingerprint density at radius 1 is 0.926 bits per heavy atom. The van der Waals surface area contributed by atoms with E-state index >= 15 is 0 Å². The van der Waals surface area contributed by atoms with Crippen LogP contribution in [-0.4, -0.2) is 25.8 Å². The average Bonchev–Trinajstić information content (AvgIpc) is 3.55. The van der Waals surface area contributed by atoms with Crippen LogP contribution >= 0.6 is 0 Å². The van der Waals surface area contributed by atoms with Crippen LogP contribution in [0.15, 0.2) is 47.5 Å². The first-order valence-electron chi connectivity index (χ1n) is 9.84. The topological polar surface area (TPSA) is 72.7 Å². The molecule has 2 aliphatic rings. The highest BCUT2D eigenvalue weighted by atomic mass is 16.1. The summed E-state index contributed by atoms with van der Waals surface area (Å²) in [6.45, 7) is 0. The highest BCUT2D eigenvalue weighted by Gasteiger charge is 2.28. The van der Waals surface area contributed by atoms with Gasteiger partial charge >= 0.3 is 0 Å². The van der Waals surface area contributed by atoms with Crippen molar-refractivity contribution in [2.45, 2.75) is 56.5 Å². The molecule has 3 aromatic rings. The minimum atomic E-state index is 0.0256. The first-order valence-corrected chi connectivity index (χ1v) is 9.84. The quantitative estimate of drug-likeness (QED) is 0.768. The van der Waals surface area contributed by atoms with Crippen LogP contribution in [0.5, 0.6) is 0 Å². The van der Waals surface area contributed by atoms with Crippen molar-refractivity contribution in [3.8, 4) is 0 Å². The van der Waals surface area contributed by atoms with E-state index in [1.54, 1.807) is 17.1 Å². The van der Waals surface area contributed by atoms with Gasteiger partial charge in [0, 0.05) is 23.4 Å². The van der Waals surface area contributed by atoms with Gasteiger partial charge in [-0.25, -0.2) is 14.6 Å². The molecule has 2 aliphatic carbocycles. The lowest BCUT2D eigenvalue weighted by molar-refractivity contribution is 0.301. The Bertz CT molecular complexity index is 1010. The smallest absolute Gasteiger partial charge is 0.267 e. The van der Waals surface area contributed by atoms with E-state index in [1.807, 2.05) is 24.3 Å². The molecule has 5 rings (SSSR count). The second kappa shape index (κ2) is 6.76. The van der Waals surface area contributed by atoms with Crippen LogP contribution < -0.4 is 10.9 Å². The van der Waals surface area contributed by atoms with E-state index < -0.39 is 0 Å². The summed E-state index contributed by atoms with van der Waals surface area (Å²) in [6, 6.07) is 12.2. The van der Waals surface area contributed by atoms with Gasteiger partial charge in [-0.05, 0) is 56.7 Å². The lowest BCUT2D eigenvalue weighted by Crippen LogP contribution is -2.33. The molecule has 0 unspecified atom stereocenters. The molecule has 2 heterocycles. The minimum Gasteiger partial charge on any atom is -0.367 e. The number of nitrogens with one attached hydrogen (secondary N) is 1. The molecule has 0 bridgehead atoms.